The average Bonchev–Trinajstić information content (AvgIpc) is 3.18. The van der Waals surface area contributed by atoms with Gasteiger partial charge in [-0.15, -0.1) is 0 Å². The molecule has 0 radical (unpaired) electrons. The number of hydrogen-bond donors (Lipinski definition) is 1. The molecule has 180 valence electrons. The number of aliphatic hydroxyl groups excluding tert-OH is 1. The Bertz CT molecular complexity index is 1130. The highest BCUT2D eigenvalue weighted by molar-refractivity contribution is 5.75. The van der Waals surface area contributed by atoms with Gasteiger partial charge in [-0.1, -0.05) is 56.3 Å². The third-order valence-electron chi connectivity index (χ3n) is 6.13. The third-order valence-corrected chi connectivity index (χ3v) is 6.13. The van der Waals surface area contributed by atoms with Crippen LogP contribution in [0.2, 0.25) is 0 Å². The van der Waals surface area contributed by atoms with Gasteiger partial charge in [0.25, 0.3) is 0 Å². The zero-order valence-corrected chi connectivity index (χ0v) is 19.3. The second-order valence-electron chi connectivity index (χ2n) is 8.78. The van der Waals surface area contributed by atoms with Gasteiger partial charge >= 0.3 is 6.18 Å². The first-order chi connectivity index (χ1) is 16.2. The van der Waals surface area contributed by atoms with Gasteiger partial charge in [0.05, 0.1) is 12.7 Å². The topological polar surface area (TPSA) is 41.9 Å². The van der Waals surface area contributed by atoms with Crippen LogP contribution in [0.3, 0.4) is 0 Å². The number of nitrogens with zero attached hydrogens (tertiary/aromatic N) is 1. The van der Waals surface area contributed by atoms with Gasteiger partial charge in [-0.25, -0.2) is 4.90 Å². The van der Waals surface area contributed by atoms with Gasteiger partial charge in [-0.2, -0.15) is 13.2 Å². The van der Waals surface area contributed by atoms with Gasteiger partial charge in [0.15, 0.2) is 0 Å². The molecule has 4 rings (SSSR count). The molecule has 0 saturated carbocycles. The van der Waals surface area contributed by atoms with Gasteiger partial charge in [0.1, 0.15) is 11.9 Å². The van der Waals surface area contributed by atoms with Gasteiger partial charge in [-0.05, 0) is 52.4 Å². The van der Waals surface area contributed by atoms with E-state index in [1.807, 2.05) is 48.5 Å². The number of halogens is 3. The largest absolute Gasteiger partial charge is 0.496 e. The van der Waals surface area contributed by atoms with Gasteiger partial charge in [0.2, 0.25) is 6.41 Å². The summed E-state index contributed by atoms with van der Waals surface area (Å²) in [7, 11) is 1.54. The second kappa shape index (κ2) is 9.78. The van der Waals surface area contributed by atoms with E-state index in [1.165, 1.54) is 13.2 Å². The summed E-state index contributed by atoms with van der Waals surface area (Å²) >= 11 is 0. The predicted octanol–water partition coefficient (Wildman–Crippen LogP) is 6.35. The molecule has 1 saturated heterocycles. The van der Waals surface area contributed by atoms with Crippen LogP contribution in [-0.4, -0.2) is 30.1 Å². The lowest BCUT2D eigenvalue weighted by molar-refractivity contribution is -0.152. The fraction of sp³-hybridized carbons (Fsp3) is 0.333. The average molecular weight is 472 g/mol. The van der Waals surface area contributed by atoms with Crippen molar-refractivity contribution in [3.63, 3.8) is 0 Å². The van der Waals surface area contributed by atoms with Crippen molar-refractivity contribution in [2.45, 2.75) is 45.0 Å². The number of hydrogen-bond acceptors (Lipinski definition) is 4. The molecule has 4 nitrogen and oxygen atoms in total. The maximum atomic E-state index is 13.6. The van der Waals surface area contributed by atoms with Crippen molar-refractivity contribution in [2.24, 2.45) is 0 Å². The zero-order valence-electron chi connectivity index (χ0n) is 19.3. The Hall–Kier alpha value is -2.87. The minimum absolute atomic E-state index is 0.230. The van der Waals surface area contributed by atoms with Gasteiger partial charge in [0, 0.05) is 18.7 Å². The van der Waals surface area contributed by atoms with E-state index in [0.717, 1.165) is 23.3 Å². The Balaban J connectivity index is 1.77. The molecule has 2 atom stereocenters. The maximum absolute atomic E-state index is 13.6. The first-order valence-corrected chi connectivity index (χ1v) is 11.2. The molecule has 7 heteroatoms. The summed E-state index contributed by atoms with van der Waals surface area (Å²) in [6.45, 7) is 4.77. The lowest BCUT2D eigenvalue weighted by Gasteiger charge is -2.20. The summed E-state index contributed by atoms with van der Waals surface area (Å²) in [6.07, 6.45) is -6.47. The van der Waals surface area contributed by atoms with Crippen LogP contribution in [0.4, 0.5) is 13.2 Å². The number of rotatable bonds is 6. The Morgan fingerprint density at radius 1 is 1.03 bits per heavy atom. The maximum Gasteiger partial charge on any atom is 0.416 e. The van der Waals surface area contributed by atoms with Crippen LogP contribution in [0.15, 0.2) is 66.7 Å². The Kier molecular flexibility index (Phi) is 6.98. The molecule has 1 heterocycles. The molecule has 0 amide bonds. The fourth-order valence-electron chi connectivity index (χ4n) is 4.26. The highest BCUT2D eigenvalue weighted by Gasteiger charge is 2.37. The standard InChI is InChI=1S/C27H28F3NO3/c1-17(2)19-9-12-24(33-3)22(13-19)21-11-10-20(27(28,29)30)14-23(21)25-16-31(26(32)34-25)15-18-7-5-4-6-8-18/h4-14,17,25-26,32H,15-16H2,1-3H3. The highest BCUT2D eigenvalue weighted by atomic mass is 19.4. The normalized spacial score (nSPS) is 19.1. The molecule has 34 heavy (non-hydrogen) atoms. The number of aliphatic hydroxyl groups is 1. The second-order valence-corrected chi connectivity index (χ2v) is 8.78. The molecule has 1 aliphatic rings. The van der Waals surface area contributed by atoms with E-state index < -0.39 is 24.3 Å². The molecule has 0 aliphatic carbocycles. The van der Waals surface area contributed by atoms with E-state index in [-0.39, 0.29) is 12.5 Å². The summed E-state index contributed by atoms with van der Waals surface area (Å²) in [6, 6.07) is 19.0. The van der Waals surface area contributed by atoms with Crippen LogP contribution in [0.1, 0.15) is 48.1 Å². The third kappa shape index (κ3) is 5.12. The number of alkyl halides is 3. The van der Waals surface area contributed by atoms with Crippen molar-refractivity contribution in [3.05, 3.63) is 89.0 Å². The molecule has 0 bridgehead atoms. The molecule has 2 unspecified atom stereocenters. The van der Waals surface area contributed by atoms with Crippen molar-refractivity contribution in [1.29, 1.82) is 0 Å². The SMILES string of the molecule is COc1ccc(C(C)C)cc1-c1ccc(C(F)(F)F)cc1C1CN(Cc2ccccc2)C(O)O1. The van der Waals surface area contributed by atoms with Crippen LogP contribution in [0, 0.1) is 0 Å². The summed E-state index contributed by atoms with van der Waals surface area (Å²) in [4.78, 5) is 1.70. The summed E-state index contributed by atoms with van der Waals surface area (Å²) in [5.74, 6) is 0.790. The smallest absolute Gasteiger partial charge is 0.416 e. The van der Waals surface area contributed by atoms with E-state index >= 15 is 0 Å². The zero-order chi connectivity index (χ0) is 24.5. The number of benzene rings is 3. The molecule has 1 N–H and O–H groups in total. The van der Waals surface area contributed by atoms with E-state index in [4.69, 9.17) is 9.47 Å². The van der Waals surface area contributed by atoms with E-state index in [2.05, 4.69) is 13.8 Å². The summed E-state index contributed by atoms with van der Waals surface area (Å²) < 4.78 is 52.2. The number of methoxy groups -OCH3 is 1. The molecular weight excluding hydrogens is 443 g/mol. The monoisotopic (exact) mass is 471 g/mol. The van der Waals surface area contributed by atoms with Crippen molar-refractivity contribution < 1.29 is 27.8 Å². The fourth-order valence-corrected chi connectivity index (χ4v) is 4.26. The summed E-state index contributed by atoms with van der Waals surface area (Å²) in [5, 5.41) is 10.5. The van der Waals surface area contributed by atoms with Crippen LogP contribution < -0.4 is 4.74 Å². The molecule has 3 aromatic carbocycles. The van der Waals surface area contributed by atoms with Crippen molar-refractivity contribution in [2.75, 3.05) is 13.7 Å². The number of ether oxygens (including phenoxy) is 2. The lowest BCUT2D eigenvalue weighted by atomic mass is 9.90. The minimum atomic E-state index is -4.50. The van der Waals surface area contributed by atoms with E-state index in [9.17, 15) is 18.3 Å². The Labute approximate surface area is 197 Å². The van der Waals surface area contributed by atoms with Crippen molar-refractivity contribution >= 4 is 0 Å². The van der Waals surface area contributed by atoms with E-state index in [0.29, 0.717) is 29.0 Å². The Morgan fingerprint density at radius 3 is 2.41 bits per heavy atom. The molecule has 1 fully saturated rings. The van der Waals surface area contributed by atoms with Crippen LogP contribution >= 0.6 is 0 Å². The van der Waals surface area contributed by atoms with Gasteiger partial charge < -0.3 is 14.6 Å². The van der Waals surface area contributed by atoms with Gasteiger partial charge in [-0.3, -0.25) is 0 Å². The summed E-state index contributed by atoms with van der Waals surface area (Å²) in [5.41, 5.74) is 2.90. The first kappa shape index (κ1) is 24.3. The van der Waals surface area contributed by atoms with Crippen molar-refractivity contribution in [3.8, 4) is 16.9 Å². The highest BCUT2D eigenvalue weighted by Crippen LogP contribution is 2.42. The molecule has 0 aromatic heterocycles. The predicted molar refractivity (Wildman–Crippen MR) is 124 cm³/mol. The first-order valence-electron chi connectivity index (χ1n) is 11.2. The molecular formula is C27H28F3NO3. The quantitative estimate of drug-likeness (QED) is 0.455. The lowest BCUT2D eigenvalue weighted by Crippen LogP contribution is -2.29. The van der Waals surface area contributed by atoms with Crippen LogP contribution in [0.25, 0.3) is 11.1 Å². The van der Waals surface area contributed by atoms with Crippen LogP contribution in [0.5, 0.6) is 5.75 Å². The molecule has 0 spiro atoms. The molecule has 1 aliphatic heterocycles. The van der Waals surface area contributed by atoms with Crippen molar-refractivity contribution in [1.82, 2.24) is 4.90 Å². The van der Waals surface area contributed by atoms with E-state index in [1.54, 1.807) is 4.90 Å². The van der Waals surface area contributed by atoms with Crippen LogP contribution in [-0.2, 0) is 17.5 Å². The molecule has 3 aromatic rings. The minimum Gasteiger partial charge on any atom is -0.496 e. The Morgan fingerprint density at radius 2 is 1.76 bits per heavy atom.